The molecule has 0 heterocycles. The summed E-state index contributed by atoms with van der Waals surface area (Å²) in [7, 11) is 0. The van der Waals surface area contributed by atoms with Gasteiger partial charge in [0.05, 0.1) is 6.61 Å². The van der Waals surface area contributed by atoms with E-state index in [9.17, 15) is 4.79 Å². The number of carbonyl (C=O) groups is 1. The number of hydrogen-bond acceptors (Lipinski definition) is 3. The molecule has 0 radical (unpaired) electrons. The van der Waals surface area contributed by atoms with Crippen molar-refractivity contribution < 1.29 is 9.53 Å². The molecule has 0 saturated heterocycles. The Morgan fingerprint density at radius 3 is 2.47 bits per heavy atom. The fraction of sp³-hybridized carbons (Fsp3) is 0.429. The van der Waals surface area contributed by atoms with Gasteiger partial charge < -0.3 is 15.4 Å². The molecule has 0 aliphatic heterocycles. The number of esters is 1. The maximum absolute atomic E-state index is 11.1. The lowest BCUT2D eigenvalue weighted by molar-refractivity contribution is -0.141. The highest BCUT2D eigenvalue weighted by molar-refractivity contribution is 7.80. The molecule has 1 rings (SSSR count). The van der Waals surface area contributed by atoms with Crippen LogP contribution < -0.4 is 10.6 Å². The lowest BCUT2D eigenvalue weighted by atomic mass is 10.0. The summed E-state index contributed by atoms with van der Waals surface area (Å²) in [4.78, 5) is 11.1. The molecule has 0 bridgehead atoms. The molecule has 1 aromatic carbocycles. The second kappa shape index (κ2) is 7.74. The first-order valence-electron chi connectivity index (χ1n) is 6.33. The zero-order valence-electron chi connectivity index (χ0n) is 11.5. The zero-order chi connectivity index (χ0) is 14.3. The third kappa shape index (κ3) is 5.70. The third-order valence-corrected chi connectivity index (χ3v) is 2.78. The van der Waals surface area contributed by atoms with Crippen molar-refractivity contribution in [3.63, 3.8) is 0 Å². The molecule has 4 nitrogen and oxygen atoms in total. The molecule has 104 valence electrons. The van der Waals surface area contributed by atoms with Gasteiger partial charge in [-0.3, -0.25) is 4.79 Å². The van der Waals surface area contributed by atoms with Crippen LogP contribution in [0, 0.1) is 0 Å². The normalized spacial score (nSPS) is 10.1. The van der Waals surface area contributed by atoms with Gasteiger partial charge in [0.25, 0.3) is 0 Å². The summed E-state index contributed by atoms with van der Waals surface area (Å²) in [6, 6.07) is 8.04. The number of hydrogen-bond donors (Lipinski definition) is 2. The molecule has 0 spiro atoms. The van der Waals surface area contributed by atoms with Crippen LogP contribution in [0.1, 0.15) is 32.3 Å². The van der Waals surface area contributed by atoms with Crippen molar-refractivity contribution >= 4 is 29.0 Å². The lowest BCUT2D eigenvalue weighted by Gasteiger charge is -2.11. The third-order valence-electron chi connectivity index (χ3n) is 2.53. The first-order chi connectivity index (χ1) is 9.02. The molecule has 0 aromatic heterocycles. The monoisotopic (exact) mass is 280 g/mol. The highest BCUT2D eigenvalue weighted by Gasteiger charge is 2.04. The minimum Gasteiger partial charge on any atom is -0.465 e. The van der Waals surface area contributed by atoms with Gasteiger partial charge in [0.1, 0.15) is 6.54 Å². The van der Waals surface area contributed by atoms with Gasteiger partial charge in [0.15, 0.2) is 5.11 Å². The molecule has 0 atom stereocenters. The number of thiocarbonyl (C=S) groups is 1. The van der Waals surface area contributed by atoms with Crippen molar-refractivity contribution in [2.24, 2.45) is 0 Å². The topological polar surface area (TPSA) is 50.4 Å². The van der Waals surface area contributed by atoms with E-state index < -0.39 is 0 Å². The summed E-state index contributed by atoms with van der Waals surface area (Å²) in [6.45, 7) is 6.51. The summed E-state index contributed by atoms with van der Waals surface area (Å²) in [6.07, 6.45) is 0. The van der Waals surface area contributed by atoms with Crippen LogP contribution in [-0.4, -0.2) is 24.2 Å². The fourth-order valence-corrected chi connectivity index (χ4v) is 1.68. The summed E-state index contributed by atoms with van der Waals surface area (Å²) in [5.74, 6) is 0.185. The van der Waals surface area contributed by atoms with E-state index in [1.165, 1.54) is 5.56 Å². The predicted molar refractivity (Wildman–Crippen MR) is 81.4 cm³/mol. The van der Waals surface area contributed by atoms with Gasteiger partial charge in [-0.2, -0.15) is 0 Å². The van der Waals surface area contributed by atoms with Crippen LogP contribution in [0.15, 0.2) is 24.3 Å². The molecule has 1 aromatic rings. The van der Waals surface area contributed by atoms with Crippen molar-refractivity contribution in [2.45, 2.75) is 26.7 Å². The molecule has 2 N–H and O–H groups in total. The van der Waals surface area contributed by atoms with Crippen molar-refractivity contribution in [1.29, 1.82) is 0 Å². The Kier molecular flexibility index (Phi) is 6.29. The maximum Gasteiger partial charge on any atom is 0.325 e. The minimum atomic E-state index is -0.318. The summed E-state index contributed by atoms with van der Waals surface area (Å²) >= 11 is 5.09. The number of carbonyl (C=O) groups excluding carboxylic acids is 1. The Hall–Kier alpha value is -1.62. The number of nitrogens with one attached hydrogen (secondary N) is 2. The van der Waals surface area contributed by atoms with Crippen LogP contribution in [0.25, 0.3) is 0 Å². The first kappa shape index (κ1) is 15.4. The van der Waals surface area contributed by atoms with Crippen molar-refractivity contribution in [3.05, 3.63) is 29.8 Å². The Labute approximate surface area is 119 Å². The predicted octanol–water partition coefficient (Wildman–Crippen LogP) is 2.66. The van der Waals surface area contributed by atoms with Crippen LogP contribution in [0.4, 0.5) is 5.69 Å². The molecule has 0 amide bonds. The van der Waals surface area contributed by atoms with Crippen LogP contribution in [0.2, 0.25) is 0 Å². The Bertz CT molecular complexity index is 430. The van der Waals surface area contributed by atoms with E-state index in [2.05, 4.69) is 36.6 Å². The maximum atomic E-state index is 11.1. The minimum absolute atomic E-state index is 0.0732. The fourth-order valence-electron chi connectivity index (χ4n) is 1.49. The number of rotatable bonds is 5. The average molecular weight is 280 g/mol. The lowest BCUT2D eigenvalue weighted by Crippen LogP contribution is -2.33. The number of ether oxygens (including phenoxy) is 1. The van der Waals surface area contributed by atoms with E-state index in [1.807, 2.05) is 12.1 Å². The van der Waals surface area contributed by atoms with E-state index in [0.717, 1.165) is 5.69 Å². The van der Waals surface area contributed by atoms with Gasteiger partial charge in [-0.1, -0.05) is 26.0 Å². The van der Waals surface area contributed by atoms with E-state index in [0.29, 0.717) is 17.6 Å². The van der Waals surface area contributed by atoms with Crippen molar-refractivity contribution in [3.8, 4) is 0 Å². The molecular formula is C14H20N2O2S. The smallest absolute Gasteiger partial charge is 0.325 e. The Morgan fingerprint density at radius 1 is 1.32 bits per heavy atom. The first-order valence-corrected chi connectivity index (χ1v) is 6.74. The van der Waals surface area contributed by atoms with E-state index in [1.54, 1.807) is 6.92 Å². The molecular weight excluding hydrogens is 260 g/mol. The van der Waals surface area contributed by atoms with E-state index in [4.69, 9.17) is 17.0 Å². The molecule has 5 heteroatoms. The molecule has 19 heavy (non-hydrogen) atoms. The quantitative estimate of drug-likeness (QED) is 0.641. The number of benzene rings is 1. The van der Waals surface area contributed by atoms with Crippen LogP contribution in [0.3, 0.4) is 0 Å². The van der Waals surface area contributed by atoms with Gasteiger partial charge in [-0.15, -0.1) is 0 Å². The number of anilines is 1. The second-order valence-corrected chi connectivity index (χ2v) is 4.80. The molecule has 0 saturated carbocycles. The standard InChI is InChI=1S/C14H20N2O2S/c1-4-18-13(17)9-15-14(19)16-12-7-5-11(6-8-12)10(2)3/h5-8,10H,4,9H2,1-3H3,(H2,15,16,19). The van der Waals surface area contributed by atoms with E-state index >= 15 is 0 Å². The van der Waals surface area contributed by atoms with Gasteiger partial charge in [-0.25, -0.2) is 0 Å². The van der Waals surface area contributed by atoms with Gasteiger partial charge in [-0.05, 0) is 42.8 Å². The second-order valence-electron chi connectivity index (χ2n) is 4.39. The highest BCUT2D eigenvalue weighted by Crippen LogP contribution is 2.16. The van der Waals surface area contributed by atoms with Crippen molar-refractivity contribution in [2.75, 3.05) is 18.5 Å². The Morgan fingerprint density at radius 2 is 1.95 bits per heavy atom. The van der Waals surface area contributed by atoms with Gasteiger partial charge >= 0.3 is 5.97 Å². The molecule has 0 aliphatic rings. The van der Waals surface area contributed by atoms with Gasteiger partial charge in [0, 0.05) is 5.69 Å². The highest BCUT2D eigenvalue weighted by atomic mass is 32.1. The Balaban J connectivity index is 2.42. The average Bonchev–Trinajstić information content (AvgIpc) is 2.37. The van der Waals surface area contributed by atoms with Crippen LogP contribution in [-0.2, 0) is 9.53 Å². The summed E-state index contributed by atoms with van der Waals surface area (Å²) < 4.78 is 4.80. The summed E-state index contributed by atoms with van der Waals surface area (Å²) in [5.41, 5.74) is 2.17. The SMILES string of the molecule is CCOC(=O)CNC(=S)Nc1ccc(C(C)C)cc1. The molecule has 0 aliphatic carbocycles. The van der Waals surface area contributed by atoms with Gasteiger partial charge in [0.2, 0.25) is 0 Å². The summed E-state index contributed by atoms with van der Waals surface area (Å²) in [5, 5.41) is 6.22. The largest absolute Gasteiger partial charge is 0.465 e. The molecule has 0 fully saturated rings. The van der Waals surface area contributed by atoms with E-state index in [-0.39, 0.29) is 12.5 Å². The zero-order valence-corrected chi connectivity index (χ0v) is 12.3. The van der Waals surface area contributed by atoms with Crippen molar-refractivity contribution in [1.82, 2.24) is 5.32 Å². The van der Waals surface area contributed by atoms with Crippen LogP contribution >= 0.6 is 12.2 Å². The van der Waals surface area contributed by atoms with Crippen LogP contribution in [0.5, 0.6) is 0 Å². The molecule has 0 unspecified atom stereocenters.